The van der Waals surface area contributed by atoms with Crippen molar-refractivity contribution in [2.45, 2.75) is 11.4 Å². The van der Waals surface area contributed by atoms with Crippen molar-refractivity contribution >= 4 is 10.0 Å². The molecule has 1 aromatic carbocycles. The van der Waals surface area contributed by atoms with Gasteiger partial charge in [-0.3, -0.25) is 4.98 Å². The number of rotatable bonds is 6. The van der Waals surface area contributed by atoms with Gasteiger partial charge in [-0.25, -0.2) is 26.9 Å². The van der Waals surface area contributed by atoms with E-state index in [0.29, 0.717) is 17.6 Å². The number of hydrogen-bond donors (Lipinski definition) is 1. The Bertz CT molecular complexity index is 975. The fourth-order valence-corrected chi connectivity index (χ4v) is 3.39. The molecule has 0 aliphatic carbocycles. The summed E-state index contributed by atoms with van der Waals surface area (Å²) in [5.41, 5.74) is 0.645. The number of imidazole rings is 1. The average Bonchev–Trinajstić information content (AvgIpc) is 3.06. The maximum absolute atomic E-state index is 13.6. The molecule has 0 atom stereocenters. The van der Waals surface area contributed by atoms with E-state index in [9.17, 15) is 17.2 Å². The van der Waals surface area contributed by atoms with Crippen molar-refractivity contribution in [3.05, 3.63) is 66.6 Å². The van der Waals surface area contributed by atoms with Crippen LogP contribution in [0.5, 0.6) is 0 Å². The van der Waals surface area contributed by atoms with E-state index in [2.05, 4.69) is 14.7 Å². The van der Waals surface area contributed by atoms with E-state index in [4.69, 9.17) is 0 Å². The molecular weight excluding hydrogens is 350 g/mol. The Kier molecular flexibility index (Phi) is 4.86. The summed E-state index contributed by atoms with van der Waals surface area (Å²) in [6, 6.07) is 7.66. The summed E-state index contributed by atoms with van der Waals surface area (Å²) in [6.45, 7) is 0.233. The quantitative estimate of drug-likeness (QED) is 0.727. The van der Waals surface area contributed by atoms with Crippen molar-refractivity contribution in [2.75, 3.05) is 6.54 Å². The number of nitrogens with one attached hydrogen (secondary N) is 1. The monoisotopic (exact) mass is 364 g/mol. The Morgan fingerprint density at radius 1 is 1.08 bits per heavy atom. The molecule has 0 saturated carbocycles. The van der Waals surface area contributed by atoms with Crippen molar-refractivity contribution < 1.29 is 17.2 Å². The lowest BCUT2D eigenvalue weighted by Crippen LogP contribution is -2.28. The van der Waals surface area contributed by atoms with Gasteiger partial charge < -0.3 is 4.57 Å². The molecule has 0 radical (unpaired) electrons. The lowest BCUT2D eigenvalue weighted by atomic mass is 10.3. The van der Waals surface area contributed by atoms with Crippen LogP contribution in [-0.2, 0) is 16.6 Å². The maximum Gasteiger partial charge on any atom is 0.243 e. The van der Waals surface area contributed by atoms with E-state index in [1.807, 2.05) is 6.07 Å². The highest BCUT2D eigenvalue weighted by atomic mass is 32.2. The van der Waals surface area contributed by atoms with Gasteiger partial charge in [0.1, 0.15) is 22.2 Å². The number of sulfonamides is 1. The molecule has 25 heavy (non-hydrogen) atoms. The normalized spacial score (nSPS) is 11.6. The summed E-state index contributed by atoms with van der Waals surface area (Å²) in [5, 5.41) is 0. The summed E-state index contributed by atoms with van der Waals surface area (Å²) >= 11 is 0. The van der Waals surface area contributed by atoms with Gasteiger partial charge in [-0.1, -0.05) is 6.07 Å². The van der Waals surface area contributed by atoms with Gasteiger partial charge in [0.15, 0.2) is 5.82 Å². The number of pyridine rings is 1. The average molecular weight is 364 g/mol. The third-order valence-corrected chi connectivity index (χ3v) is 4.91. The van der Waals surface area contributed by atoms with Crippen LogP contribution in [0.3, 0.4) is 0 Å². The summed E-state index contributed by atoms with van der Waals surface area (Å²) in [4.78, 5) is 7.67. The lowest BCUT2D eigenvalue weighted by molar-refractivity contribution is 0.542. The molecule has 6 nitrogen and oxygen atoms in total. The number of aromatic nitrogens is 3. The highest BCUT2D eigenvalue weighted by Gasteiger charge is 2.19. The summed E-state index contributed by atoms with van der Waals surface area (Å²) in [7, 11) is -4.16. The second kappa shape index (κ2) is 7.08. The Morgan fingerprint density at radius 3 is 2.68 bits per heavy atom. The van der Waals surface area contributed by atoms with Crippen LogP contribution in [0.25, 0.3) is 11.5 Å². The van der Waals surface area contributed by atoms with Gasteiger partial charge in [-0.15, -0.1) is 0 Å². The number of hydrogen-bond acceptors (Lipinski definition) is 4. The minimum Gasteiger partial charge on any atom is -0.328 e. The van der Waals surface area contributed by atoms with Gasteiger partial charge in [-0.05, 0) is 30.3 Å². The van der Waals surface area contributed by atoms with Crippen molar-refractivity contribution in [2.24, 2.45) is 0 Å². The number of nitrogens with zero attached hydrogens (tertiary/aromatic N) is 3. The van der Waals surface area contributed by atoms with Crippen molar-refractivity contribution in [1.82, 2.24) is 19.3 Å². The fraction of sp³-hybridized carbons (Fsp3) is 0.125. The Morgan fingerprint density at radius 2 is 1.92 bits per heavy atom. The largest absolute Gasteiger partial charge is 0.328 e. The van der Waals surface area contributed by atoms with Gasteiger partial charge in [0, 0.05) is 31.7 Å². The molecule has 2 heterocycles. The molecular formula is C16H14F2N4O2S. The first-order valence-electron chi connectivity index (χ1n) is 7.34. The van der Waals surface area contributed by atoms with Crippen LogP contribution in [0.4, 0.5) is 8.78 Å². The molecule has 1 N–H and O–H groups in total. The first-order chi connectivity index (χ1) is 12.0. The van der Waals surface area contributed by atoms with E-state index >= 15 is 0 Å². The molecule has 0 spiro atoms. The van der Waals surface area contributed by atoms with Crippen LogP contribution >= 0.6 is 0 Å². The molecule has 0 aliphatic rings. The molecule has 3 rings (SSSR count). The second-order valence-electron chi connectivity index (χ2n) is 5.13. The standard InChI is InChI=1S/C16H14F2N4O2S/c17-12-4-5-13(18)15(11-12)25(23,24)21-8-10-22-9-7-20-16(22)14-3-1-2-6-19-14/h1-7,9,11,21H,8,10H2. The van der Waals surface area contributed by atoms with Gasteiger partial charge >= 0.3 is 0 Å². The molecule has 0 fully saturated rings. The predicted octanol–water partition coefficient (Wildman–Crippen LogP) is 2.20. The molecule has 0 bridgehead atoms. The Labute approximate surface area is 143 Å². The van der Waals surface area contributed by atoms with Crippen LogP contribution in [0.1, 0.15) is 0 Å². The van der Waals surface area contributed by atoms with Crippen LogP contribution in [-0.4, -0.2) is 29.5 Å². The molecule has 0 unspecified atom stereocenters. The minimum atomic E-state index is -4.16. The zero-order chi connectivity index (χ0) is 17.9. The molecule has 2 aromatic heterocycles. The first-order valence-corrected chi connectivity index (χ1v) is 8.83. The summed E-state index contributed by atoms with van der Waals surface area (Å²) in [6.07, 6.45) is 4.88. The van der Waals surface area contributed by atoms with Gasteiger partial charge in [0.25, 0.3) is 0 Å². The Hall–Kier alpha value is -2.65. The molecule has 0 saturated heterocycles. The third kappa shape index (κ3) is 3.89. The van der Waals surface area contributed by atoms with Crippen LogP contribution < -0.4 is 4.72 Å². The van der Waals surface area contributed by atoms with Crippen LogP contribution in [0.2, 0.25) is 0 Å². The minimum absolute atomic E-state index is 0.0194. The zero-order valence-electron chi connectivity index (χ0n) is 12.9. The molecule has 0 amide bonds. The highest BCUT2D eigenvalue weighted by molar-refractivity contribution is 7.89. The molecule has 130 valence electrons. The predicted molar refractivity (Wildman–Crippen MR) is 87.0 cm³/mol. The van der Waals surface area contributed by atoms with Gasteiger partial charge in [-0.2, -0.15) is 0 Å². The third-order valence-electron chi connectivity index (χ3n) is 3.44. The molecule has 3 aromatic rings. The first kappa shape index (κ1) is 17.2. The van der Waals surface area contributed by atoms with Gasteiger partial charge in [0.2, 0.25) is 10.0 Å². The summed E-state index contributed by atoms with van der Waals surface area (Å²) < 4.78 is 55.1. The van der Waals surface area contributed by atoms with Crippen LogP contribution in [0.15, 0.2) is 59.9 Å². The van der Waals surface area contributed by atoms with E-state index < -0.39 is 26.6 Å². The van der Waals surface area contributed by atoms with E-state index in [-0.39, 0.29) is 13.1 Å². The fourth-order valence-electron chi connectivity index (χ4n) is 2.28. The smallest absolute Gasteiger partial charge is 0.243 e. The zero-order valence-corrected chi connectivity index (χ0v) is 13.7. The maximum atomic E-state index is 13.6. The van der Waals surface area contributed by atoms with E-state index in [1.165, 1.54) is 0 Å². The second-order valence-corrected chi connectivity index (χ2v) is 6.87. The van der Waals surface area contributed by atoms with Gasteiger partial charge in [0.05, 0.1) is 0 Å². The van der Waals surface area contributed by atoms with E-state index in [0.717, 1.165) is 12.1 Å². The lowest BCUT2D eigenvalue weighted by Gasteiger charge is -2.10. The summed E-state index contributed by atoms with van der Waals surface area (Å²) in [5.74, 6) is -1.25. The Balaban J connectivity index is 1.72. The number of halogens is 2. The molecule has 9 heteroatoms. The van der Waals surface area contributed by atoms with E-state index in [1.54, 1.807) is 35.3 Å². The van der Waals surface area contributed by atoms with Crippen LogP contribution in [0, 0.1) is 11.6 Å². The topological polar surface area (TPSA) is 76.9 Å². The SMILES string of the molecule is O=S(=O)(NCCn1ccnc1-c1ccccn1)c1cc(F)ccc1F. The van der Waals surface area contributed by atoms with Crippen molar-refractivity contribution in [3.8, 4) is 11.5 Å². The molecule has 0 aliphatic heterocycles. The van der Waals surface area contributed by atoms with Crippen molar-refractivity contribution in [3.63, 3.8) is 0 Å². The highest BCUT2D eigenvalue weighted by Crippen LogP contribution is 2.16. The van der Waals surface area contributed by atoms with Crippen molar-refractivity contribution in [1.29, 1.82) is 0 Å². The number of benzene rings is 1.